The lowest BCUT2D eigenvalue weighted by molar-refractivity contribution is 0.0875. The molecule has 2 heterocycles. The monoisotopic (exact) mass is 350 g/mol. The maximum atomic E-state index is 12.6. The molecule has 2 aromatic rings. The van der Waals surface area contributed by atoms with Crippen molar-refractivity contribution in [1.82, 2.24) is 0 Å². The standard InChI is InChI=1S/C17H18O6S/c1-3-4-9-5-14(20)23-17-15(9)12(19)7-13-16(17)11(18)6-10(22-13)8-24(2)21/h5,7,10,19H,3-4,6,8H2,1-2H3. The number of Topliss-reactive ketones (excluding diaryl/α,β-unsaturated/α-hetero) is 1. The molecule has 0 bridgehead atoms. The van der Waals surface area contributed by atoms with Gasteiger partial charge in [-0.25, -0.2) is 4.79 Å². The Bertz CT molecular complexity index is 898. The van der Waals surface area contributed by atoms with Crippen LogP contribution in [-0.2, 0) is 17.2 Å². The minimum absolute atomic E-state index is 0.0637. The van der Waals surface area contributed by atoms with Gasteiger partial charge in [-0.1, -0.05) is 13.3 Å². The van der Waals surface area contributed by atoms with Crippen LogP contribution < -0.4 is 10.4 Å². The fourth-order valence-electron chi connectivity index (χ4n) is 3.09. The quantitative estimate of drug-likeness (QED) is 0.849. The van der Waals surface area contributed by atoms with Gasteiger partial charge < -0.3 is 14.3 Å². The molecule has 1 aliphatic rings. The summed E-state index contributed by atoms with van der Waals surface area (Å²) in [6.07, 6.45) is 2.45. The Balaban J connectivity index is 2.22. The van der Waals surface area contributed by atoms with Crippen LogP contribution in [0.25, 0.3) is 11.0 Å². The second-order valence-electron chi connectivity index (χ2n) is 5.92. The van der Waals surface area contributed by atoms with Gasteiger partial charge in [0.15, 0.2) is 11.4 Å². The highest BCUT2D eigenvalue weighted by Crippen LogP contribution is 2.40. The van der Waals surface area contributed by atoms with Crippen molar-refractivity contribution in [2.45, 2.75) is 32.3 Å². The van der Waals surface area contributed by atoms with Gasteiger partial charge in [0.2, 0.25) is 0 Å². The van der Waals surface area contributed by atoms with E-state index < -0.39 is 22.5 Å². The van der Waals surface area contributed by atoms with Crippen molar-refractivity contribution in [1.29, 1.82) is 0 Å². The molecule has 1 aromatic carbocycles. The summed E-state index contributed by atoms with van der Waals surface area (Å²) in [5, 5.41) is 10.7. The van der Waals surface area contributed by atoms with Crippen molar-refractivity contribution in [3.8, 4) is 11.5 Å². The predicted molar refractivity (Wildman–Crippen MR) is 90.4 cm³/mol. The van der Waals surface area contributed by atoms with Crippen molar-refractivity contribution in [2.75, 3.05) is 12.0 Å². The van der Waals surface area contributed by atoms with Crippen LogP contribution in [0.2, 0.25) is 0 Å². The minimum Gasteiger partial charge on any atom is -0.507 e. The Hall–Kier alpha value is -2.15. The van der Waals surface area contributed by atoms with Gasteiger partial charge >= 0.3 is 5.63 Å². The average Bonchev–Trinajstić information content (AvgIpc) is 2.45. The smallest absolute Gasteiger partial charge is 0.336 e. The molecule has 1 aliphatic heterocycles. The van der Waals surface area contributed by atoms with Crippen LogP contribution in [0.3, 0.4) is 0 Å². The number of ketones is 1. The van der Waals surface area contributed by atoms with Crippen molar-refractivity contribution in [2.24, 2.45) is 0 Å². The molecule has 1 N–H and O–H groups in total. The molecule has 7 heteroatoms. The Morgan fingerprint density at radius 3 is 2.75 bits per heavy atom. The van der Waals surface area contributed by atoms with Crippen molar-refractivity contribution >= 4 is 27.6 Å². The second kappa shape index (κ2) is 6.39. The number of hydrogen-bond donors (Lipinski definition) is 1. The van der Waals surface area contributed by atoms with Gasteiger partial charge in [-0.3, -0.25) is 9.00 Å². The van der Waals surface area contributed by atoms with Gasteiger partial charge in [-0.05, 0) is 12.0 Å². The highest BCUT2D eigenvalue weighted by atomic mass is 32.2. The van der Waals surface area contributed by atoms with E-state index in [1.807, 2.05) is 6.92 Å². The van der Waals surface area contributed by atoms with Crippen LogP contribution in [0.5, 0.6) is 11.5 Å². The van der Waals surface area contributed by atoms with Gasteiger partial charge in [0.25, 0.3) is 0 Å². The van der Waals surface area contributed by atoms with E-state index in [1.165, 1.54) is 18.4 Å². The molecule has 0 amide bonds. The summed E-state index contributed by atoms with van der Waals surface area (Å²) in [6.45, 7) is 1.96. The Morgan fingerprint density at radius 2 is 2.08 bits per heavy atom. The molecule has 3 rings (SSSR count). The van der Waals surface area contributed by atoms with Gasteiger partial charge in [0, 0.05) is 35.6 Å². The molecule has 0 spiro atoms. The maximum Gasteiger partial charge on any atom is 0.336 e. The highest BCUT2D eigenvalue weighted by molar-refractivity contribution is 7.84. The number of fused-ring (bicyclic) bond motifs is 3. The normalized spacial score (nSPS) is 18.2. The number of aromatic hydroxyl groups is 1. The molecular formula is C17H18O6S. The summed E-state index contributed by atoms with van der Waals surface area (Å²) in [5.41, 5.74) is 0.329. The largest absolute Gasteiger partial charge is 0.507 e. The first-order valence-corrected chi connectivity index (χ1v) is 9.46. The highest BCUT2D eigenvalue weighted by Gasteiger charge is 2.32. The third-order valence-corrected chi connectivity index (χ3v) is 4.81. The lowest BCUT2D eigenvalue weighted by Gasteiger charge is -2.25. The van der Waals surface area contributed by atoms with Crippen LogP contribution in [-0.4, -0.2) is 33.2 Å². The van der Waals surface area contributed by atoms with Crippen LogP contribution in [0.15, 0.2) is 21.3 Å². The van der Waals surface area contributed by atoms with Crippen molar-refractivity contribution < 1.29 is 23.3 Å². The van der Waals surface area contributed by atoms with E-state index in [0.717, 1.165) is 6.42 Å². The molecule has 24 heavy (non-hydrogen) atoms. The lowest BCUT2D eigenvalue weighted by Crippen LogP contribution is -2.31. The average molecular weight is 350 g/mol. The van der Waals surface area contributed by atoms with Gasteiger partial charge in [-0.15, -0.1) is 0 Å². The predicted octanol–water partition coefficient (Wildman–Crippen LogP) is 2.16. The summed E-state index contributed by atoms with van der Waals surface area (Å²) in [6, 6.07) is 2.72. The van der Waals surface area contributed by atoms with Gasteiger partial charge in [0.1, 0.15) is 23.2 Å². The topological polar surface area (TPSA) is 93.8 Å². The van der Waals surface area contributed by atoms with E-state index in [-0.39, 0.29) is 40.6 Å². The molecule has 0 saturated carbocycles. The second-order valence-corrected chi connectivity index (χ2v) is 7.40. The zero-order chi connectivity index (χ0) is 17.4. The number of rotatable bonds is 4. The van der Waals surface area contributed by atoms with E-state index >= 15 is 0 Å². The van der Waals surface area contributed by atoms with E-state index in [2.05, 4.69) is 0 Å². The Labute approximate surface area is 140 Å². The number of aryl methyl sites for hydroxylation is 1. The summed E-state index contributed by atoms with van der Waals surface area (Å²) < 4.78 is 22.3. The molecule has 2 unspecified atom stereocenters. The Morgan fingerprint density at radius 1 is 1.33 bits per heavy atom. The molecular weight excluding hydrogens is 332 g/mol. The molecule has 0 radical (unpaired) electrons. The van der Waals surface area contributed by atoms with Crippen LogP contribution >= 0.6 is 0 Å². The van der Waals surface area contributed by atoms with Gasteiger partial charge in [0.05, 0.1) is 11.1 Å². The van der Waals surface area contributed by atoms with Gasteiger partial charge in [-0.2, -0.15) is 0 Å². The fourth-order valence-corrected chi connectivity index (χ4v) is 3.80. The zero-order valence-electron chi connectivity index (χ0n) is 13.5. The number of hydrogen-bond acceptors (Lipinski definition) is 6. The van der Waals surface area contributed by atoms with Crippen LogP contribution in [0, 0.1) is 0 Å². The van der Waals surface area contributed by atoms with Crippen molar-refractivity contribution in [3.05, 3.63) is 33.7 Å². The van der Waals surface area contributed by atoms with E-state index in [4.69, 9.17) is 9.15 Å². The molecule has 0 fully saturated rings. The molecule has 6 nitrogen and oxygen atoms in total. The lowest BCUT2D eigenvalue weighted by atomic mass is 9.95. The van der Waals surface area contributed by atoms with E-state index in [9.17, 15) is 18.9 Å². The summed E-state index contributed by atoms with van der Waals surface area (Å²) >= 11 is 0. The van der Waals surface area contributed by atoms with Crippen molar-refractivity contribution in [3.63, 3.8) is 0 Å². The first-order valence-electron chi connectivity index (χ1n) is 7.73. The molecule has 0 aliphatic carbocycles. The molecule has 1 aromatic heterocycles. The Kier molecular flexibility index (Phi) is 4.45. The van der Waals surface area contributed by atoms with E-state index in [1.54, 1.807) is 0 Å². The number of phenolic OH excluding ortho intramolecular Hbond substituents is 1. The third-order valence-electron chi connectivity index (χ3n) is 3.97. The SMILES string of the molecule is CCCc1cc(=O)oc2c3c(cc(O)c12)OC(CS(C)=O)CC3=O. The summed E-state index contributed by atoms with van der Waals surface area (Å²) in [7, 11) is -1.11. The first-order chi connectivity index (χ1) is 11.4. The van der Waals surface area contributed by atoms with E-state index in [0.29, 0.717) is 17.4 Å². The number of carbonyl (C=O) groups excluding carboxylic acids is 1. The summed E-state index contributed by atoms with van der Waals surface area (Å²) in [4.78, 5) is 24.4. The number of carbonyl (C=O) groups is 1. The number of benzene rings is 1. The molecule has 128 valence electrons. The maximum absolute atomic E-state index is 12.6. The van der Waals surface area contributed by atoms with Crippen LogP contribution in [0.1, 0.15) is 35.7 Å². The number of phenols is 1. The van der Waals surface area contributed by atoms with Crippen LogP contribution in [0.4, 0.5) is 0 Å². The zero-order valence-corrected chi connectivity index (χ0v) is 14.3. The fraction of sp³-hybridized carbons (Fsp3) is 0.412. The first kappa shape index (κ1) is 16.7. The molecule has 0 saturated heterocycles. The third kappa shape index (κ3) is 2.96. The minimum atomic E-state index is -1.11. The summed E-state index contributed by atoms with van der Waals surface area (Å²) in [5.74, 6) is 0.0584. The molecule has 2 atom stereocenters. The number of ether oxygens (including phenoxy) is 1.